The van der Waals surface area contributed by atoms with Gasteiger partial charge in [0.2, 0.25) is 0 Å². The molecule has 7 aromatic rings. The smallest absolute Gasteiger partial charge is 0.355 e. The fraction of sp³-hybridized carbons (Fsp3) is 0.319. The lowest BCUT2D eigenvalue weighted by molar-refractivity contribution is 0.0585. The third-order valence-corrected chi connectivity index (χ3v) is 13.2. The van der Waals surface area contributed by atoms with Crippen molar-refractivity contribution in [3.05, 3.63) is 120 Å². The van der Waals surface area contributed by atoms with Crippen LogP contribution in [0.15, 0.2) is 108 Å². The Morgan fingerprint density at radius 1 is 0.703 bits per heavy atom. The molecular weight excluding hydrogens is 858 g/mol. The van der Waals surface area contributed by atoms with E-state index in [4.69, 9.17) is 31.2 Å². The molecule has 2 aliphatic carbocycles. The standard InChI is InChI=1S/C20H14ClN3O4S.C20H22N4O3.C7H14O/c1-28-20(25)16-12-15-17(21)22-18(13-8-4-2-5-9-13)23-19(15)24(16)29(26,27)14-10-6-3-7-11-14;1-27-20(26)16-11-15-18(21-13-7-9-14(25)10-8-13)23-17(24-19(15)22-16)12-5-3-2-4-6-12;1-6-2-4-7(8)5-3-6/h2-12H,1H3;2-6,11,13-14,25H,7-10H2,1H3,(H2,21,22,23,24);6-8H,2-5H2,1H3. The van der Waals surface area contributed by atoms with E-state index in [1.165, 1.54) is 45.3 Å². The maximum atomic E-state index is 13.4. The molecule has 2 aliphatic rings. The van der Waals surface area contributed by atoms with Crippen LogP contribution < -0.4 is 5.32 Å². The minimum atomic E-state index is -4.16. The number of methoxy groups -OCH3 is 2. The van der Waals surface area contributed by atoms with Gasteiger partial charge in [-0.1, -0.05) is 97.4 Å². The predicted octanol–water partition coefficient (Wildman–Crippen LogP) is 8.46. The first-order chi connectivity index (χ1) is 30.9. The molecule has 64 heavy (non-hydrogen) atoms. The number of anilines is 1. The number of halogens is 1. The van der Waals surface area contributed by atoms with Gasteiger partial charge in [-0.15, -0.1) is 0 Å². The fourth-order valence-electron chi connectivity index (χ4n) is 7.63. The van der Waals surface area contributed by atoms with Crippen molar-refractivity contribution in [2.45, 2.75) is 81.4 Å². The van der Waals surface area contributed by atoms with Gasteiger partial charge in [-0.2, -0.15) is 0 Å². The van der Waals surface area contributed by atoms with Crippen molar-refractivity contribution in [2.24, 2.45) is 5.92 Å². The van der Waals surface area contributed by atoms with Crippen LogP contribution in [0.1, 0.15) is 79.3 Å². The maximum absolute atomic E-state index is 13.4. The van der Waals surface area contributed by atoms with Gasteiger partial charge in [0.15, 0.2) is 17.3 Å². The van der Waals surface area contributed by atoms with Crippen LogP contribution in [0.4, 0.5) is 5.82 Å². The summed E-state index contributed by atoms with van der Waals surface area (Å²) in [5.74, 6) is 1.09. The van der Waals surface area contributed by atoms with Crippen molar-refractivity contribution in [3.63, 3.8) is 0 Å². The van der Waals surface area contributed by atoms with E-state index >= 15 is 0 Å². The van der Waals surface area contributed by atoms with Crippen LogP contribution >= 0.6 is 11.6 Å². The highest BCUT2D eigenvalue weighted by Gasteiger charge is 2.30. The zero-order valence-corrected chi connectivity index (χ0v) is 37.2. The summed E-state index contributed by atoms with van der Waals surface area (Å²) in [5.41, 5.74) is 2.26. The second-order valence-electron chi connectivity index (χ2n) is 15.8. The Hall–Kier alpha value is -6.20. The Kier molecular flexibility index (Phi) is 14.7. The summed E-state index contributed by atoms with van der Waals surface area (Å²) in [6.07, 6.45) is 7.61. The van der Waals surface area contributed by atoms with E-state index in [0.29, 0.717) is 28.5 Å². The average molecular weight is 908 g/mol. The molecular formula is C47H50ClN7O8S. The number of nitrogens with one attached hydrogen (secondary N) is 2. The largest absolute Gasteiger partial charge is 0.464 e. The van der Waals surface area contributed by atoms with Crippen molar-refractivity contribution in [1.82, 2.24) is 28.9 Å². The van der Waals surface area contributed by atoms with Crippen LogP contribution in [0.2, 0.25) is 5.15 Å². The number of H-pyrrole nitrogens is 1. The van der Waals surface area contributed by atoms with Gasteiger partial charge in [-0.05, 0) is 81.5 Å². The van der Waals surface area contributed by atoms with E-state index in [2.05, 4.69) is 32.2 Å². The van der Waals surface area contributed by atoms with Gasteiger partial charge in [0, 0.05) is 17.2 Å². The molecule has 4 heterocycles. The van der Waals surface area contributed by atoms with Crippen molar-refractivity contribution in [2.75, 3.05) is 19.5 Å². The van der Waals surface area contributed by atoms with Crippen molar-refractivity contribution in [3.8, 4) is 22.8 Å². The first kappa shape index (κ1) is 45.8. The topological polar surface area (TPSA) is 212 Å². The van der Waals surface area contributed by atoms with E-state index in [0.717, 1.165) is 59.4 Å². The monoisotopic (exact) mass is 907 g/mol. The minimum Gasteiger partial charge on any atom is -0.464 e. The third-order valence-electron chi connectivity index (χ3n) is 11.2. The summed E-state index contributed by atoms with van der Waals surface area (Å²) >= 11 is 6.33. The summed E-state index contributed by atoms with van der Waals surface area (Å²) in [6.45, 7) is 2.26. The zero-order chi connectivity index (χ0) is 45.4. The first-order valence-corrected chi connectivity index (χ1v) is 22.9. The molecule has 2 saturated carbocycles. The Labute approximate surface area is 375 Å². The van der Waals surface area contributed by atoms with Gasteiger partial charge < -0.3 is 30.0 Å². The van der Waals surface area contributed by atoms with E-state index in [1.54, 1.807) is 48.5 Å². The van der Waals surface area contributed by atoms with Crippen LogP contribution in [0.5, 0.6) is 0 Å². The van der Waals surface area contributed by atoms with E-state index in [1.807, 2.05) is 36.4 Å². The summed E-state index contributed by atoms with van der Waals surface area (Å²) in [4.78, 5) is 45.3. The number of carbonyl (C=O) groups is 2. The zero-order valence-electron chi connectivity index (χ0n) is 35.6. The van der Waals surface area contributed by atoms with Gasteiger partial charge in [0.25, 0.3) is 10.0 Å². The highest BCUT2D eigenvalue weighted by molar-refractivity contribution is 7.90. The molecule has 0 saturated heterocycles. The van der Waals surface area contributed by atoms with Gasteiger partial charge in [-0.3, -0.25) is 0 Å². The van der Waals surface area contributed by atoms with Crippen LogP contribution in [-0.4, -0.2) is 91.9 Å². The number of esters is 2. The molecule has 9 rings (SSSR count). The summed E-state index contributed by atoms with van der Waals surface area (Å²) < 4.78 is 37.2. The average Bonchev–Trinajstić information content (AvgIpc) is 3.95. The molecule has 2 fully saturated rings. The number of benzene rings is 3. The number of hydrogen-bond donors (Lipinski definition) is 4. The van der Waals surface area contributed by atoms with Crippen molar-refractivity contribution in [1.29, 1.82) is 0 Å². The number of carbonyl (C=O) groups excluding carboxylic acids is 2. The van der Waals surface area contributed by atoms with E-state index < -0.39 is 22.0 Å². The molecule has 0 bridgehead atoms. The third kappa shape index (κ3) is 10.6. The molecule has 0 atom stereocenters. The summed E-state index contributed by atoms with van der Waals surface area (Å²) in [7, 11) is -1.64. The van der Waals surface area contributed by atoms with Crippen LogP contribution in [-0.2, 0) is 19.5 Å². The van der Waals surface area contributed by atoms with Crippen LogP contribution in [0, 0.1) is 5.92 Å². The number of fused-ring (bicyclic) bond motifs is 2. The molecule has 17 heteroatoms. The van der Waals surface area contributed by atoms with Crippen molar-refractivity contribution >= 4 is 61.4 Å². The van der Waals surface area contributed by atoms with Gasteiger partial charge >= 0.3 is 11.9 Å². The molecule has 0 aliphatic heterocycles. The predicted molar refractivity (Wildman–Crippen MR) is 245 cm³/mol. The van der Waals surface area contributed by atoms with E-state index in [-0.39, 0.29) is 50.9 Å². The SMILES string of the molecule is CC1CCC(O)CC1.COC(=O)c1cc2c(Cl)nc(-c3ccccc3)nc2n1S(=O)(=O)c1ccccc1.COC(=O)c1cc2c(NC3CCC(O)CC3)nc(-c3ccccc3)nc2[nH]1. The van der Waals surface area contributed by atoms with E-state index in [9.17, 15) is 23.1 Å². The quantitative estimate of drug-likeness (QED) is 0.0834. The number of ether oxygens (including phenoxy) is 2. The highest BCUT2D eigenvalue weighted by atomic mass is 35.5. The number of rotatable bonds is 8. The molecule has 334 valence electrons. The Morgan fingerprint density at radius 3 is 1.78 bits per heavy atom. The molecule has 15 nitrogen and oxygen atoms in total. The molecule has 0 spiro atoms. The van der Waals surface area contributed by atoms with Gasteiger partial charge in [-0.25, -0.2) is 41.9 Å². The molecule has 4 aromatic heterocycles. The number of aliphatic hydroxyl groups is 2. The summed E-state index contributed by atoms with van der Waals surface area (Å²) in [5, 5.41) is 23.3. The lowest BCUT2D eigenvalue weighted by Gasteiger charge is -2.26. The number of nitrogens with zero attached hydrogens (tertiary/aromatic N) is 5. The molecule has 0 unspecified atom stereocenters. The lowest BCUT2D eigenvalue weighted by atomic mass is 9.89. The Morgan fingerprint density at radius 2 is 1.23 bits per heavy atom. The number of aromatic amines is 1. The summed E-state index contributed by atoms with van der Waals surface area (Å²) in [6, 6.07) is 29.7. The first-order valence-electron chi connectivity index (χ1n) is 21.1. The lowest BCUT2D eigenvalue weighted by Crippen LogP contribution is -2.28. The maximum Gasteiger partial charge on any atom is 0.355 e. The highest BCUT2D eigenvalue weighted by Crippen LogP contribution is 2.32. The number of aliphatic hydroxyl groups excluding tert-OH is 2. The molecule has 4 N–H and O–H groups in total. The molecule has 0 radical (unpaired) electrons. The van der Waals surface area contributed by atoms with Crippen LogP contribution in [0.3, 0.4) is 0 Å². The number of hydrogen-bond acceptors (Lipinski definition) is 13. The van der Waals surface area contributed by atoms with Gasteiger partial charge in [0.1, 0.15) is 28.0 Å². The second-order valence-corrected chi connectivity index (χ2v) is 18.0. The fourth-order valence-corrected chi connectivity index (χ4v) is 9.32. The normalized spacial score (nSPS) is 18.5. The Bertz CT molecular complexity index is 2800. The van der Waals surface area contributed by atoms with Crippen LogP contribution in [0.25, 0.3) is 44.8 Å². The molecule has 0 amide bonds. The number of aromatic nitrogens is 6. The van der Waals surface area contributed by atoms with Crippen molar-refractivity contribution < 1.29 is 37.7 Å². The molecule has 3 aromatic carbocycles. The van der Waals surface area contributed by atoms with Gasteiger partial charge in [0.05, 0.1) is 42.1 Å². The minimum absolute atomic E-state index is 0.00125. The Balaban J connectivity index is 0.000000163. The second kappa shape index (κ2) is 20.5.